The molecular formula is C15H13BrF2N2S. The minimum Gasteiger partial charge on any atom is -0.343 e. The van der Waals surface area contributed by atoms with Gasteiger partial charge in [0.1, 0.15) is 10.5 Å². The second kappa shape index (κ2) is 5.93. The molecule has 1 aromatic carbocycles. The van der Waals surface area contributed by atoms with Gasteiger partial charge in [-0.3, -0.25) is 0 Å². The normalized spacial score (nSPS) is 15.6. The van der Waals surface area contributed by atoms with Crippen LogP contribution in [0.15, 0.2) is 22.7 Å². The third-order valence-corrected chi connectivity index (χ3v) is 4.83. The Bertz CT molecular complexity index is 739. The van der Waals surface area contributed by atoms with Crippen molar-refractivity contribution in [3.8, 4) is 11.4 Å². The van der Waals surface area contributed by atoms with Crippen LogP contribution < -0.4 is 0 Å². The number of aromatic amines is 1. The first-order chi connectivity index (χ1) is 10.1. The molecule has 1 aliphatic carbocycles. The highest BCUT2D eigenvalue weighted by atomic mass is 79.9. The summed E-state index contributed by atoms with van der Waals surface area (Å²) in [5, 5.41) is 0. The molecule has 0 atom stereocenters. The monoisotopic (exact) mass is 370 g/mol. The van der Waals surface area contributed by atoms with Crippen molar-refractivity contribution in [3.63, 3.8) is 0 Å². The van der Waals surface area contributed by atoms with Crippen LogP contribution in [0, 0.1) is 16.3 Å². The summed E-state index contributed by atoms with van der Waals surface area (Å²) < 4.78 is 27.4. The van der Waals surface area contributed by atoms with Crippen molar-refractivity contribution in [2.45, 2.75) is 31.6 Å². The van der Waals surface area contributed by atoms with E-state index in [-0.39, 0.29) is 4.47 Å². The lowest BCUT2D eigenvalue weighted by atomic mass is 10.0. The Morgan fingerprint density at radius 1 is 1.24 bits per heavy atom. The van der Waals surface area contributed by atoms with Gasteiger partial charge in [0, 0.05) is 11.3 Å². The summed E-state index contributed by atoms with van der Waals surface area (Å²) in [6.07, 6.45) is 4.65. The first-order valence-corrected chi connectivity index (χ1v) is 8.01. The zero-order valence-electron chi connectivity index (χ0n) is 11.1. The molecule has 21 heavy (non-hydrogen) atoms. The molecule has 0 unspecified atom stereocenters. The Morgan fingerprint density at radius 3 is 2.67 bits per heavy atom. The van der Waals surface area contributed by atoms with Gasteiger partial charge in [0.05, 0.1) is 4.47 Å². The number of halogens is 3. The lowest BCUT2D eigenvalue weighted by molar-refractivity contribution is 0.504. The predicted molar refractivity (Wildman–Crippen MR) is 83.7 cm³/mol. The Labute approximate surface area is 134 Å². The quantitative estimate of drug-likeness (QED) is 0.558. The molecule has 0 bridgehead atoms. The topological polar surface area (TPSA) is 28.7 Å². The number of benzene rings is 1. The van der Waals surface area contributed by atoms with Crippen molar-refractivity contribution in [3.05, 3.63) is 44.6 Å². The van der Waals surface area contributed by atoms with Gasteiger partial charge in [-0.05, 0) is 52.9 Å². The van der Waals surface area contributed by atoms with Crippen molar-refractivity contribution >= 4 is 28.1 Å². The minimum absolute atomic E-state index is 0.0595. The Kier molecular flexibility index (Phi) is 4.17. The van der Waals surface area contributed by atoms with E-state index < -0.39 is 11.6 Å². The first-order valence-electron chi connectivity index (χ1n) is 6.81. The summed E-state index contributed by atoms with van der Waals surface area (Å²) in [6.45, 7) is 0. The predicted octanol–water partition coefficient (Wildman–Crippen LogP) is 5.50. The summed E-state index contributed by atoms with van der Waals surface area (Å²) in [6, 6.07) is 4.45. The maximum absolute atomic E-state index is 13.7. The van der Waals surface area contributed by atoms with Crippen molar-refractivity contribution in [2.75, 3.05) is 0 Å². The number of hydrogen-bond donors (Lipinski definition) is 1. The average Bonchev–Trinajstić information content (AvgIpc) is 2.98. The van der Waals surface area contributed by atoms with Crippen LogP contribution in [-0.2, 0) is 0 Å². The SMILES string of the molecule is Fc1ccc(-c2nc(=S)cc(C3CCCC3)[nH]2)c(Br)c1F. The zero-order chi connectivity index (χ0) is 15.0. The van der Waals surface area contributed by atoms with Crippen LogP contribution in [0.2, 0.25) is 0 Å². The van der Waals surface area contributed by atoms with E-state index in [9.17, 15) is 8.78 Å². The standard InChI is InChI=1S/C15H13BrF2N2S/c16-13-9(5-6-10(17)14(13)18)15-19-11(7-12(21)20-15)8-3-1-2-4-8/h5-8H,1-4H2,(H,19,20,21). The first kappa shape index (κ1) is 14.8. The molecule has 0 saturated heterocycles. The van der Waals surface area contributed by atoms with Gasteiger partial charge in [-0.25, -0.2) is 13.8 Å². The lowest BCUT2D eigenvalue weighted by Crippen LogP contribution is -2.01. The average molecular weight is 371 g/mol. The number of aromatic nitrogens is 2. The smallest absolute Gasteiger partial charge is 0.173 e. The van der Waals surface area contributed by atoms with Crippen LogP contribution >= 0.6 is 28.1 Å². The van der Waals surface area contributed by atoms with Gasteiger partial charge in [0.15, 0.2) is 11.6 Å². The summed E-state index contributed by atoms with van der Waals surface area (Å²) in [5.41, 5.74) is 1.50. The number of H-pyrrole nitrogens is 1. The van der Waals surface area contributed by atoms with Gasteiger partial charge in [-0.2, -0.15) is 0 Å². The van der Waals surface area contributed by atoms with Crippen molar-refractivity contribution in [2.24, 2.45) is 0 Å². The fourth-order valence-corrected chi connectivity index (χ4v) is 3.50. The van der Waals surface area contributed by atoms with Gasteiger partial charge in [0.25, 0.3) is 0 Å². The van der Waals surface area contributed by atoms with Crippen molar-refractivity contribution < 1.29 is 8.78 Å². The van der Waals surface area contributed by atoms with E-state index in [4.69, 9.17) is 12.2 Å². The van der Waals surface area contributed by atoms with E-state index in [1.165, 1.54) is 18.9 Å². The summed E-state index contributed by atoms with van der Waals surface area (Å²) in [7, 11) is 0. The van der Waals surface area contributed by atoms with Gasteiger partial charge >= 0.3 is 0 Å². The molecule has 3 rings (SSSR count). The molecule has 2 nitrogen and oxygen atoms in total. The highest BCUT2D eigenvalue weighted by molar-refractivity contribution is 9.10. The van der Waals surface area contributed by atoms with Gasteiger partial charge < -0.3 is 4.98 Å². The summed E-state index contributed by atoms with van der Waals surface area (Å²) in [4.78, 5) is 7.48. The molecule has 0 radical (unpaired) electrons. The second-order valence-corrected chi connectivity index (χ2v) is 6.44. The molecular weight excluding hydrogens is 358 g/mol. The highest BCUT2D eigenvalue weighted by Crippen LogP contribution is 2.35. The number of rotatable bonds is 2. The Hall–Kier alpha value is -1.14. The molecule has 2 aromatic rings. The van der Waals surface area contributed by atoms with Crippen LogP contribution in [0.5, 0.6) is 0 Å². The summed E-state index contributed by atoms with van der Waals surface area (Å²) >= 11 is 8.30. The molecule has 0 aliphatic heterocycles. The summed E-state index contributed by atoms with van der Waals surface area (Å²) in [5.74, 6) is -0.899. The van der Waals surface area contributed by atoms with Crippen LogP contribution in [0.25, 0.3) is 11.4 Å². The third-order valence-electron chi connectivity index (χ3n) is 3.85. The zero-order valence-corrected chi connectivity index (χ0v) is 13.5. The largest absolute Gasteiger partial charge is 0.343 e. The molecule has 6 heteroatoms. The van der Waals surface area contributed by atoms with E-state index in [1.54, 1.807) is 0 Å². The molecule has 1 N–H and O–H groups in total. The van der Waals surface area contributed by atoms with Gasteiger partial charge in [0.2, 0.25) is 0 Å². The van der Waals surface area contributed by atoms with Crippen LogP contribution in [-0.4, -0.2) is 9.97 Å². The minimum atomic E-state index is -0.917. The molecule has 110 valence electrons. The van der Waals surface area contributed by atoms with Crippen molar-refractivity contribution in [1.82, 2.24) is 9.97 Å². The van der Waals surface area contributed by atoms with E-state index in [0.717, 1.165) is 24.6 Å². The van der Waals surface area contributed by atoms with Gasteiger partial charge in [-0.15, -0.1) is 0 Å². The molecule has 1 saturated carbocycles. The molecule has 0 amide bonds. The molecule has 1 aliphatic rings. The van der Waals surface area contributed by atoms with Gasteiger partial charge in [-0.1, -0.05) is 25.1 Å². The van der Waals surface area contributed by atoms with E-state index >= 15 is 0 Å². The van der Waals surface area contributed by atoms with E-state index in [2.05, 4.69) is 25.9 Å². The van der Waals surface area contributed by atoms with E-state index in [1.807, 2.05) is 6.07 Å². The maximum Gasteiger partial charge on any atom is 0.173 e. The molecule has 1 fully saturated rings. The third kappa shape index (κ3) is 2.92. The molecule has 0 spiro atoms. The fraction of sp³-hybridized carbons (Fsp3) is 0.333. The second-order valence-electron chi connectivity index (χ2n) is 5.23. The highest BCUT2D eigenvalue weighted by Gasteiger charge is 2.20. The Balaban J connectivity index is 2.10. The van der Waals surface area contributed by atoms with Crippen molar-refractivity contribution in [1.29, 1.82) is 0 Å². The Morgan fingerprint density at radius 2 is 1.95 bits per heavy atom. The van der Waals surface area contributed by atoms with E-state index in [0.29, 0.717) is 21.9 Å². The lowest BCUT2D eigenvalue weighted by Gasteiger charge is -2.12. The fourth-order valence-electron chi connectivity index (χ4n) is 2.77. The molecule has 1 aromatic heterocycles. The molecule has 1 heterocycles. The number of nitrogens with zero attached hydrogens (tertiary/aromatic N) is 1. The van der Waals surface area contributed by atoms with Crippen LogP contribution in [0.4, 0.5) is 8.78 Å². The van der Waals surface area contributed by atoms with Crippen LogP contribution in [0.1, 0.15) is 37.3 Å². The van der Waals surface area contributed by atoms with Crippen LogP contribution in [0.3, 0.4) is 0 Å². The number of nitrogens with one attached hydrogen (secondary N) is 1. The maximum atomic E-state index is 13.7. The number of hydrogen-bond acceptors (Lipinski definition) is 2.